The average molecular weight is 1450 g/mol. The third-order valence-electron chi connectivity index (χ3n) is 18.2. The van der Waals surface area contributed by atoms with Crippen LogP contribution < -0.4 is 0 Å². The van der Waals surface area contributed by atoms with Crippen LogP contribution >= 0.6 is 0 Å². The summed E-state index contributed by atoms with van der Waals surface area (Å²) in [5.41, 5.74) is 0. The van der Waals surface area contributed by atoms with Crippen molar-refractivity contribution in [2.24, 2.45) is 0 Å². The summed E-state index contributed by atoms with van der Waals surface area (Å²) in [6, 6.07) is 4.23. The lowest BCUT2D eigenvalue weighted by Crippen LogP contribution is -2.56. The molecule has 0 atom stereocenters. The van der Waals surface area contributed by atoms with Crippen molar-refractivity contribution in [3.63, 3.8) is 0 Å². The highest BCUT2D eigenvalue weighted by atomic mass is 28.5. The van der Waals surface area contributed by atoms with Gasteiger partial charge in [0.15, 0.2) is 0 Å². The molecule has 24 heteroatoms. The minimum absolute atomic E-state index is 1.06. The standard InChI is InChI=1S/C64H152O12Si12/c1-5-9-13-17-21-25-29-33-37-41-45-49-53-57-61-87(62-58-54-50-46-42-38-34-30-26-22-18-14-10-6-2)74-85-72-83-70-81-68-79-66-77-65-78-67-80-69-82-71-84-73-86-75-88(76-87,63-59-55-51-47-43-39-35-31-27-23-19-15-11-7-3)64-60-56-52-48-44-40-36-32-28-24-20-16-12-8-4/h5-64,77-86H2,1-4H3. The van der Waals surface area contributed by atoms with E-state index in [-0.39, 0.29) is 0 Å². The number of unbranched alkanes of at least 4 members (excludes halogenated alkanes) is 52. The Kier molecular flexibility index (Phi) is 75.0. The zero-order valence-electron chi connectivity index (χ0n) is 59.4. The Morgan fingerprint density at radius 3 is 0.432 bits per heavy atom. The maximum atomic E-state index is 8.25. The summed E-state index contributed by atoms with van der Waals surface area (Å²) in [6.45, 7) is 9.27. The molecule has 1 heterocycles. The van der Waals surface area contributed by atoms with E-state index in [0.29, 0.717) is 0 Å². The maximum absolute atomic E-state index is 8.25. The van der Waals surface area contributed by atoms with Gasteiger partial charge in [-0.2, -0.15) is 0 Å². The van der Waals surface area contributed by atoms with Crippen molar-refractivity contribution in [1.29, 1.82) is 0 Å². The Balaban J connectivity index is 3.39. The fourth-order valence-corrected chi connectivity index (χ4v) is 43.0. The lowest BCUT2D eigenvalue weighted by atomic mass is 10.0. The van der Waals surface area contributed by atoms with Crippen molar-refractivity contribution >= 4 is 117 Å². The minimum Gasteiger partial charge on any atom is -0.425 e. The van der Waals surface area contributed by atoms with E-state index in [0.717, 1.165) is 24.2 Å². The van der Waals surface area contributed by atoms with Crippen LogP contribution in [0.15, 0.2) is 0 Å². The molecule has 0 aromatic rings. The summed E-state index contributed by atoms with van der Waals surface area (Å²) in [5.74, 6) is 0. The second-order valence-corrected chi connectivity index (χ2v) is 52.4. The molecule has 88 heavy (non-hydrogen) atoms. The average Bonchev–Trinajstić information content (AvgIpc) is 3.73. The minimum atomic E-state index is -2.80. The first-order valence-electron chi connectivity index (χ1n) is 38.8. The van der Waals surface area contributed by atoms with Gasteiger partial charge in [0.05, 0.1) is 0 Å². The summed E-state index contributed by atoms with van der Waals surface area (Å²) in [6.07, 6.45) is 76.5. The first kappa shape index (κ1) is 88.1. The van der Waals surface area contributed by atoms with Gasteiger partial charge in [0.2, 0.25) is 0 Å². The third-order valence-corrected chi connectivity index (χ3v) is 42.7. The van der Waals surface area contributed by atoms with Crippen LogP contribution in [-0.2, 0) is 49.4 Å². The topological polar surface area (TPSA) is 111 Å². The van der Waals surface area contributed by atoms with E-state index in [4.69, 9.17) is 49.4 Å². The van der Waals surface area contributed by atoms with Crippen LogP contribution in [0.4, 0.5) is 0 Å². The quantitative estimate of drug-likeness (QED) is 0.0427. The van der Waals surface area contributed by atoms with Crippen LogP contribution in [0.2, 0.25) is 24.2 Å². The molecule has 1 aliphatic rings. The van der Waals surface area contributed by atoms with Crippen LogP contribution in [0.3, 0.4) is 0 Å². The fraction of sp³-hybridized carbons (Fsp3) is 1.00. The van der Waals surface area contributed by atoms with Gasteiger partial charge in [-0.1, -0.05) is 387 Å². The molecule has 0 spiro atoms. The van der Waals surface area contributed by atoms with E-state index >= 15 is 0 Å². The molecule has 0 saturated carbocycles. The third kappa shape index (κ3) is 64.1. The molecule has 12 nitrogen and oxygen atoms in total. The van der Waals surface area contributed by atoms with Crippen LogP contribution in [0, 0.1) is 0 Å². The van der Waals surface area contributed by atoms with Crippen molar-refractivity contribution < 1.29 is 49.4 Å². The first-order chi connectivity index (χ1) is 43.7. The predicted octanol–water partition coefficient (Wildman–Crippen LogP) is 15.0. The smallest absolute Gasteiger partial charge is 0.320 e. The molecule has 1 aliphatic heterocycles. The molecule has 0 aliphatic carbocycles. The van der Waals surface area contributed by atoms with E-state index in [2.05, 4.69) is 27.7 Å². The second-order valence-electron chi connectivity index (χ2n) is 26.6. The van der Waals surface area contributed by atoms with Gasteiger partial charge >= 0.3 is 17.1 Å². The van der Waals surface area contributed by atoms with E-state index < -0.39 is 117 Å². The summed E-state index contributed by atoms with van der Waals surface area (Å²) < 4.78 is 78.0. The summed E-state index contributed by atoms with van der Waals surface area (Å²) in [7, 11) is -17.2. The summed E-state index contributed by atoms with van der Waals surface area (Å²) in [5, 5.41) is 0. The Bertz CT molecular complexity index is 1170. The predicted molar refractivity (Wildman–Crippen MR) is 410 cm³/mol. The van der Waals surface area contributed by atoms with Crippen molar-refractivity contribution in [3.05, 3.63) is 0 Å². The largest absolute Gasteiger partial charge is 0.425 e. The highest BCUT2D eigenvalue weighted by Gasteiger charge is 2.48. The molecule has 1 fully saturated rings. The van der Waals surface area contributed by atoms with E-state index in [1.54, 1.807) is 0 Å². The Labute approximate surface area is 574 Å². The monoisotopic (exact) mass is 1450 g/mol. The van der Waals surface area contributed by atoms with Crippen molar-refractivity contribution in [3.8, 4) is 0 Å². The molecule has 1 saturated heterocycles. The normalized spacial score (nSPS) is 19.2. The van der Waals surface area contributed by atoms with Gasteiger partial charge in [0.25, 0.3) is 100 Å². The van der Waals surface area contributed by atoms with E-state index in [1.807, 2.05) is 0 Å². The molecular formula is C64H152O12Si12. The maximum Gasteiger partial charge on any atom is 0.320 e. The van der Waals surface area contributed by atoms with Gasteiger partial charge in [0, 0.05) is 0 Å². The first-order valence-corrected chi connectivity index (χ1v) is 54.8. The Hall–Kier alpha value is 2.12. The molecular weight excluding hydrogens is 1300 g/mol. The summed E-state index contributed by atoms with van der Waals surface area (Å²) in [4.78, 5) is 0. The molecule has 0 radical (unpaired) electrons. The Morgan fingerprint density at radius 2 is 0.284 bits per heavy atom. The van der Waals surface area contributed by atoms with Gasteiger partial charge < -0.3 is 49.4 Å². The molecule has 528 valence electrons. The molecule has 0 bridgehead atoms. The van der Waals surface area contributed by atoms with Gasteiger partial charge in [-0.05, 0) is 24.2 Å². The van der Waals surface area contributed by atoms with Crippen LogP contribution in [-0.4, -0.2) is 117 Å². The van der Waals surface area contributed by atoms with Crippen molar-refractivity contribution in [2.45, 2.75) is 411 Å². The molecule has 0 unspecified atom stereocenters. The van der Waals surface area contributed by atoms with Gasteiger partial charge in [0.1, 0.15) is 0 Å². The lowest BCUT2D eigenvalue weighted by molar-refractivity contribution is 0.280. The second kappa shape index (κ2) is 74.9. The van der Waals surface area contributed by atoms with E-state index in [9.17, 15) is 0 Å². The van der Waals surface area contributed by atoms with Crippen LogP contribution in [0.25, 0.3) is 0 Å². The van der Waals surface area contributed by atoms with E-state index in [1.165, 1.54) is 360 Å². The van der Waals surface area contributed by atoms with Gasteiger partial charge in [-0.25, -0.2) is 0 Å². The van der Waals surface area contributed by atoms with Crippen LogP contribution in [0.5, 0.6) is 0 Å². The fourth-order valence-electron chi connectivity index (χ4n) is 12.6. The lowest BCUT2D eigenvalue weighted by Gasteiger charge is -2.42. The number of hydrogen-bond donors (Lipinski definition) is 0. The summed E-state index contributed by atoms with van der Waals surface area (Å²) >= 11 is 0. The highest BCUT2D eigenvalue weighted by molar-refractivity contribution is 6.84. The molecule has 0 aromatic carbocycles. The molecule has 1 rings (SSSR count). The van der Waals surface area contributed by atoms with Gasteiger partial charge in [-0.15, -0.1) is 0 Å². The highest BCUT2D eigenvalue weighted by Crippen LogP contribution is 2.36. The SMILES string of the molecule is CCCCCCCCCCCCCCCC[Si]1(CCCCCCCCCCCCCCCC)O[SiH2]O[SiH2]O[SiH2]O[SiH2]O[SiH2]O[SiH2]O[SiH2]O[SiH2]O[SiH2]O[SiH2]O[Si](CCCCCCCCCCCCCCCC)(CCCCCCCCCCCCCCCC)O1. The molecule has 0 aromatic heterocycles. The van der Waals surface area contributed by atoms with Crippen molar-refractivity contribution in [2.75, 3.05) is 0 Å². The van der Waals surface area contributed by atoms with Crippen molar-refractivity contribution in [1.82, 2.24) is 0 Å². The molecule has 0 amide bonds. The van der Waals surface area contributed by atoms with Gasteiger partial charge in [-0.3, -0.25) is 0 Å². The Morgan fingerprint density at radius 1 is 0.159 bits per heavy atom. The number of rotatable bonds is 60. The zero-order chi connectivity index (χ0) is 63.0. The molecule has 0 N–H and O–H groups in total. The van der Waals surface area contributed by atoms with Crippen LogP contribution in [0.1, 0.15) is 387 Å². The zero-order valence-corrected chi connectivity index (χ0v) is 75.5. The number of hydrogen-bond acceptors (Lipinski definition) is 12.